The van der Waals surface area contributed by atoms with Crippen molar-refractivity contribution in [2.45, 2.75) is 20.8 Å². The molecule has 2 aromatic rings. The summed E-state index contributed by atoms with van der Waals surface area (Å²) >= 11 is 0. The van der Waals surface area contributed by atoms with Crippen molar-refractivity contribution in [2.24, 2.45) is 0 Å². The molecule has 0 spiro atoms. The predicted octanol–water partition coefficient (Wildman–Crippen LogP) is 2.67. The van der Waals surface area contributed by atoms with Crippen molar-refractivity contribution in [3.63, 3.8) is 0 Å². The molecular weight excluding hydrogens is 366 g/mol. The fourth-order valence-electron chi connectivity index (χ4n) is 2.52. The van der Waals surface area contributed by atoms with Gasteiger partial charge in [0.1, 0.15) is 6.54 Å². The number of hydrogen-bond donors (Lipinski definition) is 2. The Bertz CT molecular complexity index is 953. The summed E-state index contributed by atoms with van der Waals surface area (Å²) in [5.41, 5.74) is 3.48. The van der Waals surface area contributed by atoms with E-state index in [-0.39, 0.29) is 12.5 Å². The lowest BCUT2D eigenvalue weighted by Gasteiger charge is -2.22. The fraction of sp³-hybridized carbons (Fsp3) is 0.263. The molecule has 0 saturated heterocycles. The summed E-state index contributed by atoms with van der Waals surface area (Å²) in [6.45, 7) is 4.85. The molecule has 0 aliphatic carbocycles. The molecule has 0 saturated carbocycles. The van der Waals surface area contributed by atoms with Crippen LogP contribution in [-0.2, 0) is 19.6 Å². The molecule has 2 N–H and O–H groups in total. The van der Waals surface area contributed by atoms with Crippen molar-refractivity contribution in [2.75, 3.05) is 27.7 Å². The van der Waals surface area contributed by atoms with Crippen LogP contribution in [0.4, 0.5) is 17.1 Å². The van der Waals surface area contributed by atoms with Crippen LogP contribution in [0.15, 0.2) is 42.5 Å². The van der Waals surface area contributed by atoms with Gasteiger partial charge in [0.15, 0.2) is 0 Å². The number of carbonyl (C=O) groups excluding carboxylic acids is 2. The smallest absolute Gasteiger partial charge is 0.245 e. The van der Waals surface area contributed by atoms with Crippen LogP contribution in [0.2, 0.25) is 0 Å². The molecule has 0 atom stereocenters. The van der Waals surface area contributed by atoms with Crippen LogP contribution in [0.1, 0.15) is 18.1 Å². The molecule has 0 fully saturated rings. The van der Waals surface area contributed by atoms with E-state index in [9.17, 15) is 18.0 Å². The van der Waals surface area contributed by atoms with Crippen LogP contribution in [0.3, 0.4) is 0 Å². The first-order valence-electron chi connectivity index (χ1n) is 8.29. The standard InChI is InChI=1S/C19H23N3O4S/c1-13-6-5-7-18(14(13)2)21-19(24)12-22(27(4,25)26)17-10-8-16(9-11-17)20-15(3)23/h5-11H,12H2,1-4H3,(H,20,23)(H,21,24). The first kappa shape index (κ1) is 20.4. The summed E-state index contributed by atoms with van der Waals surface area (Å²) in [5.74, 6) is -0.671. The molecule has 7 nitrogen and oxygen atoms in total. The lowest BCUT2D eigenvalue weighted by atomic mass is 10.1. The molecular formula is C19H23N3O4S. The maximum absolute atomic E-state index is 12.4. The second kappa shape index (κ2) is 8.22. The highest BCUT2D eigenvalue weighted by atomic mass is 32.2. The normalized spacial score (nSPS) is 11.0. The Kier molecular flexibility index (Phi) is 6.22. The van der Waals surface area contributed by atoms with E-state index in [1.807, 2.05) is 26.0 Å². The van der Waals surface area contributed by atoms with Gasteiger partial charge < -0.3 is 10.6 Å². The minimum Gasteiger partial charge on any atom is -0.326 e. The number of rotatable bonds is 6. The predicted molar refractivity (Wildman–Crippen MR) is 107 cm³/mol. The summed E-state index contributed by atoms with van der Waals surface area (Å²) in [7, 11) is -3.67. The Morgan fingerprint density at radius 3 is 2.19 bits per heavy atom. The number of carbonyl (C=O) groups is 2. The maximum atomic E-state index is 12.4. The molecule has 27 heavy (non-hydrogen) atoms. The number of amides is 2. The first-order valence-corrected chi connectivity index (χ1v) is 10.1. The Morgan fingerprint density at radius 1 is 1.00 bits per heavy atom. The van der Waals surface area contributed by atoms with E-state index in [2.05, 4.69) is 10.6 Å². The van der Waals surface area contributed by atoms with E-state index < -0.39 is 15.9 Å². The summed E-state index contributed by atoms with van der Waals surface area (Å²) in [6, 6.07) is 11.8. The van der Waals surface area contributed by atoms with Crippen LogP contribution in [-0.4, -0.2) is 33.0 Å². The van der Waals surface area contributed by atoms with Crippen LogP contribution < -0.4 is 14.9 Å². The van der Waals surface area contributed by atoms with Crippen LogP contribution in [0.5, 0.6) is 0 Å². The maximum Gasteiger partial charge on any atom is 0.245 e. The molecule has 0 aliphatic rings. The summed E-state index contributed by atoms with van der Waals surface area (Å²) in [4.78, 5) is 23.5. The molecule has 8 heteroatoms. The molecule has 2 rings (SSSR count). The number of benzene rings is 2. The quantitative estimate of drug-likeness (QED) is 0.794. The molecule has 0 unspecified atom stereocenters. The number of sulfonamides is 1. The van der Waals surface area contributed by atoms with Crippen LogP contribution >= 0.6 is 0 Å². The van der Waals surface area contributed by atoms with Crippen molar-refractivity contribution >= 4 is 38.9 Å². The van der Waals surface area contributed by atoms with E-state index in [0.29, 0.717) is 17.1 Å². The number of anilines is 3. The van der Waals surface area contributed by atoms with Crippen molar-refractivity contribution in [1.82, 2.24) is 0 Å². The topological polar surface area (TPSA) is 95.6 Å². The largest absolute Gasteiger partial charge is 0.326 e. The third kappa shape index (κ3) is 5.55. The van der Waals surface area contributed by atoms with Crippen molar-refractivity contribution in [1.29, 1.82) is 0 Å². The number of nitrogens with one attached hydrogen (secondary N) is 2. The molecule has 2 aromatic carbocycles. The van der Waals surface area contributed by atoms with E-state index in [0.717, 1.165) is 21.7 Å². The SMILES string of the molecule is CC(=O)Nc1ccc(N(CC(=O)Nc2cccc(C)c2C)S(C)(=O)=O)cc1. The van der Waals surface area contributed by atoms with Crippen molar-refractivity contribution in [3.05, 3.63) is 53.6 Å². The second-order valence-electron chi connectivity index (χ2n) is 6.29. The molecule has 0 bridgehead atoms. The summed E-state index contributed by atoms with van der Waals surface area (Å²) in [5, 5.41) is 5.37. The lowest BCUT2D eigenvalue weighted by Crippen LogP contribution is -2.37. The minimum absolute atomic E-state index is 0.226. The van der Waals surface area contributed by atoms with E-state index in [4.69, 9.17) is 0 Å². The van der Waals surface area contributed by atoms with E-state index in [1.165, 1.54) is 19.1 Å². The molecule has 0 heterocycles. The zero-order chi connectivity index (χ0) is 20.2. The highest BCUT2D eigenvalue weighted by Gasteiger charge is 2.21. The Morgan fingerprint density at radius 2 is 1.63 bits per heavy atom. The van der Waals surface area contributed by atoms with Gasteiger partial charge in [0.25, 0.3) is 0 Å². The van der Waals surface area contributed by atoms with E-state index in [1.54, 1.807) is 18.2 Å². The highest BCUT2D eigenvalue weighted by molar-refractivity contribution is 7.92. The zero-order valence-electron chi connectivity index (χ0n) is 15.7. The second-order valence-corrected chi connectivity index (χ2v) is 8.20. The number of hydrogen-bond acceptors (Lipinski definition) is 4. The van der Waals surface area contributed by atoms with Gasteiger partial charge in [-0.15, -0.1) is 0 Å². The van der Waals surface area contributed by atoms with Gasteiger partial charge in [0.2, 0.25) is 21.8 Å². The molecule has 0 aliphatic heterocycles. The third-order valence-electron chi connectivity index (χ3n) is 4.04. The number of aryl methyl sites for hydroxylation is 1. The van der Waals surface area contributed by atoms with Gasteiger partial charge in [0.05, 0.1) is 11.9 Å². The van der Waals surface area contributed by atoms with Gasteiger partial charge >= 0.3 is 0 Å². The average Bonchev–Trinajstić information content (AvgIpc) is 2.56. The zero-order valence-corrected chi connectivity index (χ0v) is 16.6. The lowest BCUT2D eigenvalue weighted by molar-refractivity contribution is -0.115. The van der Waals surface area contributed by atoms with E-state index >= 15 is 0 Å². The van der Waals surface area contributed by atoms with Gasteiger partial charge in [-0.1, -0.05) is 12.1 Å². The van der Waals surface area contributed by atoms with Crippen LogP contribution in [0.25, 0.3) is 0 Å². The Balaban J connectivity index is 2.21. The fourth-order valence-corrected chi connectivity index (χ4v) is 3.38. The summed E-state index contributed by atoms with van der Waals surface area (Å²) < 4.78 is 25.4. The van der Waals surface area contributed by atoms with Gasteiger partial charge in [-0.3, -0.25) is 13.9 Å². The van der Waals surface area contributed by atoms with Gasteiger partial charge in [-0.05, 0) is 55.3 Å². The van der Waals surface area contributed by atoms with Gasteiger partial charge in [-0.25, -0.2) is 8.42 Å². The molecule has 144 valence electrons. The molecule has 2 amide bonds. The number of nitrogens with zero attached hydrogens (tertiary/aromatic N) is 1. The highest BCUT2D eigenvalue weighted by Crippen LogP contribution is 2.22. The molecule has 0 radical (unpaired) electrons. The van der Waals surface area contributed by atoms with Crippen LogP contribution in [0, 0.1) is 13.8 Å². The van der Waals surface area contributed by atoms with Crippen molar-refractivity contribution < 1.29 is 18.0 Å². The molecule has 0 aromatic heterocycles. The Labute approximate surface area is 159 Å². The van der Waals surface area contributed by atoms with Crippen molar-refractivity contribution in [3.8, 4) is 0 Å². The monoisotopic (exact) mass is 389 g/mol. The minimum atomic E-state index is -3.67. The average molecular weight is 389 g/mol. The Hall–Kier alpha value is -2.87. The third-order valence-corrected chi connectivity index (χ3v) is 5.18. The first-order chi connectivity index (χ1) is 12.6. The van der Waals surface area contributed by atoms with Gasteiger partial charge in [0, 0.05) is 18.3 Å². The van der Waals surface area contributed by atoms with Gasteiger partial charge in [-0.2, -0.15) is 0 Å². The summed E-state index contributed by atoms with van der Waals surface area (Å²) in [6.07, 6.45) is 1.04.